The van der Waals surface area contributed by atoms with E-state index in [2.05, 4.69) is 6.58 Å². The van der Waals surface area contributed by atoms with Gasteiger partial charge in [0.1, 0.15) is 0 Å². The summed E-state index contributed by atoms with van der Waals surface area (Å²) in [6.45, 7) is 3.26. The highest BCUT2D eigenvalue weighted by atomic mass is 32.2. The fourth-order valence-electron chi connectivity index (χ4n) is 1.19. The fourth-order valence-corrected chi connectivity index (χ4v) is 1.98. The number of carbonyl (C=O) groups excluding carboxylic acids is 1. The predicted octanol–water partition coefficient (Wildman–Crippen LogP) is 0.630. The molecule has 0 aromatic heterocycles. The van der Waals surface area contributed by atoms with Crippen LogP contribution in [0.4, 0.5) is 0 Å². The third-order valence-corrected chi connectivity index (χ3v) is 3.13. The molecule has 0 spiro atoms. The Bertz CT molecular complexity index is 591. The molecule has 1 amide bonds. The first kappa shape index (κ1) is 13.9. The molecule has 96 valence electrons. The second-order valence-electron chi connectivity index (χ2n) is 3.39. The smallest absolute Gasteiger partial charge is 0.335 e. The van der Waals surface area contributed by atoms with Crippen LogP contribution in [0.1, 0.15) is 20.7 Å². The maximum Gasteiger partial charge on any atom is 0.335 e. The summed E-state index contributed by atoms with van der Waals surface area (Å²) < 4.78 is 24.4. The highest BCUT2D eigenvalue weighted by molar-refractivity contribution is 7.90. The van der Waals surface area contributed by atoms with Gasteiger partial charge in [0.2, 0.25) is 10.0 Å². The van der Waals surface area contributed by atoms with Crippen LogP contribution in [-0.2, 0) is 10.0 Å². The van der Waals surface area contributed by atoms with Gasteiger partial charge in [0.25, 0.3) is 5.91 Å². The van der Waals surface area contributed by atoms with E-state index in [1.54, 1.807) is 0 Å². The van der Waals surface area contributed by atoms with Gasteiger partial charge < -0.3 is 5.11 Å². The Balaban J connectivity index is 2.95. The minimum Gasteiger partial charge on any atom is -0.478 e. The van der Waals surface area contributed by atoms with Crippen molar-refractivity contribution in [3.8, 4) is 0 Å². The molecule has 0 bridgehead atoms. The minimum atomic E-state index is -3.78. The average Bonchev–Trinajstić information content (AvgIpc) is 2.28. The number of amides is 1. The van der Waals surface area contributed by atoms with Crippen LogP contribution >= 0.6 is 0 Å². The van der Waals surface area contributed by atoms with E-state index in [1.165, 1.54) is 18.2 Å². The van der Waals surface area contributed by atoms with Gasteiger partial charge in [0.05, 0.1) is 11.3 Å². The second-order valence-corrected chi connectivity index (χ2v) is 5.15. The van der Waals surface area contributed by atoms with Crippen molar-refractivity contribution in [2.75, 3.05) is 5.75 Å². The van der Waals surface area contributed by atoms with Gasteiger partial charge in [-0.05, 0) is 18.2 Å². The van der Waals surface area contributed by atoms with E-state index in [0.717, 1.165) is 12.1 Å². The van der Waals surface area contributed by atoms with Gasteiger partial charge >= 0.3 is 5.97 Å². The molecule has 0 saturated carbocycles. The lowest BCUT2D eigenvalue weighted by Gasteiger charge is -2.05. The van der Waals surface area contributed by atoms with Crippen LogP contribution in [-0.4, -0.2) is 31.2 Å². The van der Waals surface area contributed by atoms with E-state index < -0.39 is 27.7 Å². The Hall–Kier alpha value is -2.15. The molecule has 7 heteroatoms. The second kappa shape index (κ2) is 5.46. The van der Waals surface area contributed by atoms with Gasteiger partial charge in [-0.2, -0.15) is 0 Å². The molecule has 0 radical (unpaired) electrons. The molecule has 0 unspecified atom stereocenters. The molecule has 1 rings (SSSR count). The molecule has 0 aliphatic rings. The lowest BCUT2D eigenvalue weighted by atomic mass is 10.1. The Kier molecular flexibility index (Phi) is 4.22. The molecule has 1 aromatic carbocycles. The molecular formula is C11H11NO5S. The van der Waals surface area contributed by atoms with Gasteiger partial charge in [-0.15, -0.1) is 6.58 Å². The molecule has 0 saturated heterocycles. The Morgan fingerprint density at radius 3 is 2.50 bits per heavy atom. The molecule has 6 nitrogen and oxygen atoms in total. The van der Waals surface area contributed by atoms with E-state index >= 15 is 0 Å². The molecule has 1 aromatic rings. The maximum atomic E-state index is 11.6. The van der Waals surface area contributed by atoms with Gasteiger partial charge in [-0.3, -0.25) is 4.79 Å². The summed E-state index contributed by atoms with van der Waals surface area (Å²) in [6, 6.07) is 5.09. The number of carbonyl (C=O) groups is 2. The largest absolute Gasteiger partial charge is 0.478 e. The molecule has 2 N–H and O–H groups in total. The highest BCUT2D eigenvalue weighted by Gasteiger charge is 2.15. The topological polar surface area (TPSA) is 101 Å². The van der Waals surface area contributed by atoms with Crippen molar-refractivity contribution in [3.05, 3.63) is 48.0 Å². The zero-order chi connectivity index (χ0) is 13.8. The van der Waals surface area contributed by atoms with E-state index in [0.29, 0.717) is 0 Å². The highest BCUT2D eigenvalue weighted by Crippen LogP contribution is 2.06. The Labute approximate surface area is 104 Å². The van der Waals surface area contributed by atoms with Gasteiger partial charge in [-0.25, -0.2) is 17.9 Å². The number of hydrogen-bond acceptors (Lipinski definition) is 4. The number of carboxylic acid groups (broad SMARTS) is 1. The van der Waals surface area contributed by atoms with E-state index in [1.807, 2.05) is 4.72 Å². The van der Waals surface area contributed by atoms with E-state index in [9.17, 15) is 18.0 Å². The molecule has 18 heavy (non-hydrogen) atoms. The molecule has 0 aliphatic heterocycles. The van der Waals surface area contributed by atoms with Gasteiger partial charge in [0, 0.05) is 5.56 Å². The predicted molar refractivity (Wildman–Crippen MR) is 64.9 cm³/mol. The molecule has 0 aliphatic carbocycles. The zero-order valence-electron chi connectivity index (χ0n) is 9.29. The first-order chi connectivity index (χ1) is 8.35. The zero-order valence-corrected chi connectivity index (χ0v) is 10.1. The summed E-state index contributed by atoms with van der Waals surface area (Å²) in [4.78, 5) is 22.3. The van der Waals surface area contributed by atoms with Crippen LogP contribution < -0.4 is 4.72 Å². The van der Waals surface area contributed by atoms with Crippen LogP contribution in [0.25, 0.3) is 0 Å². The standard InChI is InChI=1S/C11H11NO5S/c1-2-6-18(16,17)12-10(13)8-4-3-5-9(7-8)11(14)15/h2-5,7H,1,6H2,(H,12,13)(H,14,15). The Morgan fingerprint density at radius 1 is 1.33 bits per heavy atom. The number of aromatic carboxylic acids is 1. The molecule has 0 atom stereocenters. The maximum absolute atomic E-state index is 11.6. The Morgan fingerprint density at radius 2 is 1.94 bits per heavy atom. The summed E-state index contributed by atoms with van der Waals surface area (Å²) in [7, 11) is -3.78. The lowest BCUT2D eigenvalue weighted by Crippen LogP contribution is -2.32. The van der Waals surface area contributed by atoms with Gasteiger partial charge in [0.15, 0.2) is 0 Å². The summed E-state index contributed by atoms with van der Waals surface area (Å²) in [5.41, 5.74) is -0.133. The number of benzene rings is 1. The van der Waals surface area contributed by atoms with Crippen LogP contribution in [0.2, 0.25) is 0 Å². The summed E-state index contributed by atoms with van der Waals surface area (Å²) in [6.07, 6.45) is 1.14. The molecular weight excluding hydrogens is 258 g/mol. The third kappa shape index (κ3) is 3.70. The fraction of sp³-hybridized carbons (Fsp3) is 0.0909. The first-order valence-electron chi connectivity index (χ1n) is 4.85. The van der Waals surface area contributed by atoms with Crippen molar-refractivity contribution in [1.29, 1.82) is 0 Å². The van der Waals surface area contributed by atoms with Crippen molar-refractivity contribution >= 4 is 21.9 Å². The number of sulfonamides is 1. The summed E-state index contributed by atoms with van der Waals surface area (Å²) in [5, 5.41) is 8.74. The average molecular weight is 269 g/mol. The van der Waals surface area contributed by atoms with Crippen LogP contribution in [0, 0.1) is 0 Å². The van der Waals surface area contributed by atoms with Crippen molar-refractivity contribution < 1.29 is 23.1 Å². The lowest BCUT2D eigenvalue weighted by molar-refractivity contribution is 0.0697. The monoisotopic (exact) mass is 269 g/mol. The molecule has 0 fully saturated rings. The van der Waals surface area contributed by atoms with Crippen molar-refractivity contribution in [2.24, 2.45) is 0 Å². The van der Waals surface area contributed by atoms with E-state index in [4.69, 9.17) is 5.11 Å². The van der Waals surface area contributed by atoms with Gasteiger partial charge in [-0.1, -0.05) is 12.1 Å². The van der Waals surface area contributed by atoms with Crippen molar-refractivity contribution in [1.82, 2.24) is 4.72 Å². The minimum absolute atomic E-state index is 0.0393. The summed E-state index contributed by atoms with van der Waals surface area (Å²) >= 11 is 0. The van der Waals surface area contributed by atoms with E-state index in [-0.39, 0.29) is 11.1 Å². The van der Waals surface area contributed by atoms with Crippen molar-refractivity contribution in [3.63, 3.8) is 0 Å². The number of nitrogens with one attached hydrogen (secondary N) is 1. The quantitative estimate of drug-likeness (QED) is 0.763. The normalized spacial score (nSPS) is 10.7. The van der Waals surface area contributed by atoms with Crippen molar-refractivity contribution in [2.45, 2.75) is 0 Å². The molecule has 0 heterocycles. The number of carboxylic acids is 1. The van der Waals surface area contributed by atoms with Crippen LogP contribution in [0.5, 0.6) is 0 Å². The van der Waals surface area contributed by atoms with Crippen LogP contribution in [0.15, 0.2) is 36.9 Å². The SMILES string of the molecule is C=CCS(=O)(=O)NC(=O)c1cccc(C(=O)O)c1. The summed E-state index contributed by atoms with van der Waals surface area (Å²) in [5.74, 6) is -2.46. The third-order valence-electron chi connectivity index (χ3n) is 1.96. The number of rotatable bonds is 5. The first-order valence-corrected chi connectivity index (χ1v) is 6.50. The van der Waals surface area contributed by atoms with Crippen LogP contribution in [0.3, 0.4) is 0 Å². The number of hydrogen-bond donors (Lipinski definition) is 2.